The molecule has 0 radical (unpaired) electrons. The molecule has 1 heterocycles. The van der Waals surface area contributed by atoms with Gasteiger partial charge in [0, 0.05) is 19.5 Å². The number of likely N-dealkylation sites (tertiary alicyclic amines) is 1. The van der Waals surface area contributed by atoms with Crippen molar-refractivity contribution in [1.82, 2.24) is 4.90 Å². The molecule has 1 atom stereocenters. The molecule has 0 spiro atoms. The Morgan fingerprint density at radius 2 is 2.33 bits per heavy atom. The van der Waals surface area contributed by atoms with Crippen LogP contribution in [0.4, 0.5) is 0 Å². The molecule has 0 aromatic heterocycles. The minimum atomic E-state index is 0.788. The van der Waals surface area contributed by atoms with Crippen LogP contribution in [-0.4, -0.2) is 23.8 Å². The molecule has 0 aromatic rings. The first-order valence-electron chi connectivity index (χ1n) is 5.06. The lowest BCUT2D eigenvalue weighted by Gasteiger charge is -2.32. The van der Waals surface area contributed by atoms with Crippen LogP contribution in [0.2, 0.25) is 0 Å². The topological polar surface area (TPSA) is 27.1 Å². The second kappa shape index (κ2) is 4.48. The summed E-state index contributed by atoms with van der Waals surface area (Å²) in [5.74, 6) is 1.64. The lowest BCUT2D eigenvalue weighted by Crippen LogP contribution is -2.38. The number of piperidine rings is 1. The molecule has 0 aliphatic carbocycles. The van der Waals surface area contributed by atoms with Gasteiger partial charge in [0.15, 0.2) is 0 Å². The van der Waals surface area contributed by atoms with Crippen LogP contribution in [0.5, 0.6) is 0 Å². The predicted octanol–water partition coefficient (Wildman–Crippen LogP) is 2.50. The summed E-state index contributed by atoms with van der Waals surface area (Å²) in [4.78, 5) is 2.25. The maximum Gasteiger partial charge on any atom is 0.0957 e. The third-order valence-corrected chi connectivity index (χ3v) is 2.53. The van der Waals surface area contributed by atoms with Gasteiger partial charge in [0.1, 0.15) is 0 Å². The van der Waals surface area contributed by atoms with Gasteiger partial charge in [-0.2, -0.15) is 0 Å². The van der Waals surface area contributed by atoms with E-state index in [1.807, 2.05) is 0 Å². The number of rotatable bonds is 2. The lowest BCUT2D eigenvalue weighted by atomic mass is 10.00. The number of hydrogen-bond donors (Lipinski definition) is 1. The standard InChI is InChI=1S/C10H20N2/c1-3-5-10(11)12-7-4-6-9(2)8-12/h9,11H,3-8H2,1-2H3. The minimum absolute atomic E-state index is 0.788. The highest BCUT2D eigenvalue weighted by Crippen LogP contribution is 2.16. The van der Waals surface area contributed by atoms with E-state index in [0.29, 0.717) is 0 Å². The molecule has 1 fully saturated rings. The fourth-order valence-corrected chi connectivity index (χ4v) is 1.83. The number of nitrogens with zero attached hydrogens (tertiary/aromatic N) is 1. The number of amidine groups is 1. The Labute approximate surface area is 75.5 Å². The molecule has 70 valence electrons. The smallest absolute Gasteiger partial charge is 0.0957 e. The molecule has 12 heavy (non-hydrogen) atoms. The first kappa shape index (κ1) is 9.56. The maximum absolute atomic E-state index is 7.80. The molecule has 1 N–H and O–H groups in total. The van der Waals surface area contributed by atoms with E-state index in [4.69, 9.17) is 5.41 Å². The van der Waals surface area contributed by atoms with Crippen molar-refractivity contribution in [2.75, 3.05) is 13.1 Å². The molecule has 1 aliphatic rings. The SMILES string of the molecule is CCCC(=N)N1CCCC(C)C1. The van der Waals surface area contributed by atoms with Crippen molar-refractivity contribution < 1.29 is 0 Å². The molecule has 0 saturated carbocycles. The molecule has 1 rings (SSSR count). The van der Waals surface area contributed by atoms with Gasteiger partial charge in [0.05, 0.1) is 5.84 Å². The first-order chi connectivity index (χ1) is 5.74. The Morgan fingerprint density at radius 3 is 2.92 bits per heavy atom. The van der Waals surface area contributed by atoms with Crippen molar-refractivity contribution in [3.8, 4) is 0 Å². The first-order valence-corrected chi connectivity index (χ1v) is 5.06. The van der Waals surface area contributed by atoms with E-state index in [2.05, 4.69) is 18.7 Å². The Hall–Kier alpha value is -0.530. The van der Waals surface area contributed by atoms with Gasteiger partial charge in [-0.3, -0.25) is 5.41 Å². The van der Waals surface area contributed by atoms with Crippen LogP contribution in [0.3, 0.4) is 0 Å². The van der Waals surface area contributed by atoms with E-state index < -0.39 is 0 Å². The zero-order valence-corrected chi connectivity index (χ0v) is 8.27. The van der Waals surface area contributed by atoms with Gasteiger partial charge in [-0.05, 0) is 25.2 Å². The molecule has 1 unspecified atom stereocenters. The maximum atomic E-state index is 7.80. The number of hydrogen-bond acceptors (Lipinski definition) is 1. The fourth-order valence-electron chi connectivity index (χ4n) is 1.83. The van der Waals surface area contributed by atoms with Crippen LogP contribution in [0, 0.1) is 11.3 Å². The molecule has 1 aliphatic heterocycles. The third kappa shape index (κ3) is 2.50. The molecule has 0 aromatic carbocycles. The molecule has 0 bridgehead atoms. The second-order valence-corrected chi connectivity index (χ2v) is 3.89. The van der Waals surface area contributed by atoms with Gasteiger partial charge in [-0.25, -0.2) is 0 Å². The average Bonchev–Trinajstić information content (AvgIpc) is 2.05. The summed E-state index contributed by atoms with van der Waals surface area (Å²) in [6.45, 7) is 6.65. The minimum Gasteiger partial charge on any atom is -0.360 e. The summed E-state index contributed by atoms with van der Waals surface area (Å²) >= 11 is 0. The van der Waals surface area contributed by atoms with E-state index in [0.717, 1.165) is 37.7 Å². The van der Waals surface area contributed by atoms with Crippen LogP contribution in [0.25, 0.3) is 0 Å². The third-order valence-electron chi connectivity index (χ3n) is 2.53. The molecular weight excluding hydrogens is 148 g/mol. The van der Waals surface area contributed by atoms with Crippen molar-refractivity contribution in [3.63, 3.8) is 0 Å². The predicted molar refractivity (Wildman–Crippen MR) is 52.6 cm³/mol. The Morgan fingerprint density at radius 1 is 1.58 bits per heavy atom. The fraction of sp³-hybridized carbons (Fsp3) is 0.900. The highest BCUT2D eigenvalue weighted by molar-refractivity contribution is 5.79. The van der Waals surface area contributed by atoms with E-state index in [9.17, 15) is 0 Å². The van der Waals surface area contributed by atoms with Gasteiger partial charge in [-0.15, -0.1) is 0 Å². The van der Waals surface area contributed by atoms with E-state index in [1.54, 1.807) is 0 Å². The Balaban J connectivity index is 2.35. The molecule has 0 amide bonds. The van der Waals surface area contributed by atoms with Gasteiger partial charge < -0.3 is 4.90 Å². The monoisotopic (exact) mass is 168 g/mol. The highest BCUT2D eigenvalue weighted by atomic mass is 15.2. The van der Waals surface area contributed by atoms with Crippen molar-refractivity contribution >= 4 is 5.84 Å². The van der Waals surface area contributed by atoms with Crippen molar-refractivity contribution in [2.45, 2.75) is 39.5 Å². The zero-order chi connectivity index (χ0) is 8.97. The molecule has 2 heteroatoms. The van der Waals surface area contributed by atoms with Crippen LogP contribution in [0.15, 0.2) is 0 Å². The Bertz CT molecular complexity index is 154. The van der Waals surface area contributed by atoms with E-state index in [-0.39, 0.29) is 0 Å². The van der Waals surface area contributed by atoms with Gasteiger partial charge in [-0.1, -0.05) is 13.8 Å². The molecule has 2 nitrogen and oxygen atoms in total. The van der Waals surface area contributed by atoms with Crippen LogP contribution >= 0.6 is 0 Å². The zero-order valence-electron chi connectivity index (χ0n) is 8.27. The van der Waals surface area contributed by atoms with Crippen molar-refractivity contribution in [3.05, 3.63) is 0 Å². The lowest BCUT2D eigenvalue weighted by molar-refractivity contribution is 0.267. The van der Waals surface area contributed by atoms with E-state index in [1.165, 1.54) is 12.8 Å². The van der Waals surface area contributed by atoms with Crippen LogP contribution in [0.1, 0.15) is 39.5 Å². The summed E-state index contributed by atoms with van der Waals surface area (Å²) in [5, 5.41) is 7.80. The van der Waals surface area contributed by atoms with Crippen LogP contribution < -0.4 is 0 Å². The molecular formula is C10H20N2. The summed E-state index contributed by atoms with van der Waals surface area (Å²) in [7, 11) is 0. The highest BCUT2D eigenvalue weighted by Gasteiger charge is 2.17. The Kier molecular flexibility index (Phi) is 3.57. The van der Waals surface area contributed by atoms with Crippen LogP contribution in [-0.2, 0) is 0 Å². The van der Waals surface area contributed by atoms with Gasteiger partial charge >= 0.3 is 0 Å². The van der Waals surface area contributed by atoms with Crippen molar-refractivity contribution in [2.24, 2.45) is 5.92 Å². The van der Waals surface area contributed by atoms with Gasteiger partial charge in [0.2, 0.25) is 0 Å². The summed E-state index contributed by atoms with van der Waals surface area (Å²) in [5.41, 5.74) is 0. The van der Waals surface area contributed by atoms with E-state index >= 15 is 0 Å². The average molecular weight is 168 g/mol. The summed E-state index contributed by atoms with van der Waals surface area (Å²) in [6, 6.07) is 0. The van der Waals surface area contributed by atoms with Gasteiger partial charge in [0.25, 0.3) is 0 Å². The quantitative estimate of drug-likeness (QED) is 0.498. The summed E-state index contributed by atoms with van der Waals surface area (Å²) < 4.78 is 0. The largest absolute Gasteiger partial charge is 0.360 e. The number of nitrogens with one attached hydrogen (secondary N) is 1. The normalized spacial score (nSPS) is 24.2. The molecule has 1 saturated heterocycles. The second-order valence-electron chi connectivity index (χ2n) is 3.89. The summed E-state index contributed by atoms with van der Waals surface area (Å²) in [6.07, 6.45) is 4.67. The van der Waals surface area contributed by atoms with Crippen molar-refractivity contribution in [1.29, 1.82) is 5.41 Å².